The summed E-state index contributed by atoms with van der Waals surface area (Å²) in [5.41, 5.74) is 2.73. The smallest absolute Gasteiger partial charge is 0.267 e. The molecule has 1 aliphatic rings. The lowest BCUT2D eigenvalue weighted by Gasteiger charge is -2.33. The molecule has 4 aromatic rings. The van der Waals surface area contributed by atoms with Gasteiger partial charge in [-0.3, -0.25) is 9.59 Å². The molecule has 0 radical (unpaired) electrons. The number of carbonyl (C=O) groups is 1. The predicted octanol–water partition coefficient (Wildman–Crippen LogP) is 3.86. The summed E-state index contributed by atoms with van der Waals surface area (Å²) in [4.78, 5) is 31.7. The molecular weight excluding hydrogens is 396 g/mol. The molecule has 4 heterocycles. The number of benzene rings is 1. The topological polar surface area (TPSA) is 71.0 Å². The first-order valence-electron chi connectivity index (χ1n) is 10.2. The molecule has 152 valence electrons. The summed E-state index contributed by atoms with van der Waals surface area (Å²) in [7, 11) is 0. The molecule has 1 aliphatic heterocycles. The fourth-order valence-electron chi connectivity index (χ4n) is 4.18. The highest BCUT2D eigenvalue weighted by atomic mass is 32.1. The minimum Gasteiger partial charge on any atom is -0.361 e. The van der Waals surface area contributed by atoms with Crippen molar-refractivity contribution < 1.29 is 4.79 Å². The number of nitrogens with one attached hydrogen (secondary N) is 1. The molecule has 1 fully saturated rings. The van der Waals surface area contributed by atoms with Gasteiger partial charge in [0.2, 0.25) is 5.91 Å². The van der Waals surface area contributed by atoms with Gasteiger partial charge in [0.25, 0.3) is 5.56 Å². The maximum absolute atomic E-state index is 13.0. The van der Waals surface area contributed by atoms with Crippen molar-refractivity contribution in [3.63, 3.8) is 0 Å². The molecule has 0 spiro atoms. The standard InChI is InChI=1S/C23H22N4O2S/c28-22-10-9-20(21-8-4-12-30-21)25-27(22)17-5-3-11-26(15-17)23(29)13-16-14-24-19-7-2-1-6-18(16)19/h1-2,4,6-10,12,14,17,24H,3,5,11,13,15H2/t17-/m1/s1. The summed E-state index contributed by atoms with van der Waals surface area (Å²) in [6.45, 7) is 1.24. The van der Waals surface area contributed by atoms with E-state index < -0.39 is 0 Å². The lowest BCUT2D eigenvalue weighted by atomic mass is 10.0. The summed E-state index contributed by atoms with van der Waals surface area (Å²) in [6.07, 6.45) is 3.98. The molecule has 1 amide bonds. The Labute approximate surface area is 177 Å². The van der Waals surface area contributed by atoms with Crippen molar-refractivity contribution in [3.05, 3.63) is 76.0 Å². The predicted molar refractivity (Wildman–Crippen MR) is 119 cm³/mol. The maximum Gasteiger partial charge on any atom is 0.267 e. The van der Waals surface area contributed by atoms with Crippen molar-refractivity contribution >= 4 is 28.1 Å². The van der Waals surface area contributed by atoms with E-state index in [4.69, 9.17) is 0 Å². The number of aromatic nitrogens is 3. The average Bonchev–Trinajstić information content (AvgIpc) is 3.45. The van der Waals surface area contributed by atoms with E-state index >= 15 is 0 Å². The molecule has 6 nitrogen and oxygen atoms in total. The van der Waals surface area contributed by atoms with Crippen LogP contribution in [0.25, 0.3) is 21.5 Å². The van der Waals surface area contributed by atoms with Crippen molar-refractivity contribution in [1.82, 2.24) is 19.7 Å². The number of hydrogen-bond donors (Lipinski definition) is 1. The zero-order chi connectivity index (χ0) is 20.5. The maximum atomic E-state index is 13.0. The highest BCUT2D eigenvalue weighted by Crippen LogP contribution is 2.25. The fraction of sp³-hybridized carbons (Fsp3) is 0.261. The summed E-state index contributed by atoms with van der Waals surface area (Å²) < 4.78 is 1.57. The van der Waals surface area contributed by atoms with Crippen LogP contribution in [-0.2, 0) is 11.2 Å². The average molecular weight is 419 g/mol. The third kappa shape index (κ3) is 3.57. The second kappa shape index (κ2) is 7.91. The van der Waals surface area contributed by atoms with E-state index in [1.165, 1.54) is 0 Å². The number of aromatic amines is 1. The molecule has 5 rings (SSSR count). The first kappa shape index (κ1) is 18.8. The number of carbonyl (C=O) groups excluding carboxylic acids is 1. The van der Waals surface area contributed by atoms with Crippen LogP contribution in [-0.4, -0.2) is 38.7 Å². The van der Waals surface area contributed by atoms with Gasteiger partial charge in [0.1, 0.15) is 5.69 Å². The number of fused-ring (bicyclic) bond motifs is 1. The van der Waals surface area contributed by atoms with Gasteiger partial charge < -0.3 is 9.88 Å². The monoisotopic (exact) mass is 418 g/mol. The number of piperidine rings is 1. The van der Waals surface area contributed by atoms with Crippen LogP contribution in [0.2, 0.25) is 0 Å². The molecular formula is C23H22N4O2S. The van der Waals surface area contributed by atoms with E-state index in [0.717, 1.165) is 46.4 Å². The van der Waals surface area contributed by atoms with Crippen molar-refractivity contribution in [2.24, 2.45) is 0 Å². The highest BCUT2D eigenvalue weighted by molar-refractivity contribution is 7.13. The summed E-state index contributed by atoms with van der Waals surface area (Å²) in [6, 6.07) is 15.2. The molecule has 3 aromatic heterocycles. The van der Waals surface area contributed by atoms with Crippen molar-refractivity contribution in [2.45, 2.75) is 25.3 Å². The Balaban J connectivity index is 1.35. The van der Waals surface area contributed by atoms with Crippen LogP contribution in [0.1, 0.15) is 24.4 Å². The van der Waals surface area contributed by atoms with E-state index in [0.29, 0.717) is 13.0 Å². The van der Waals surface area contributed by atoms with Crippen molar-refractivity contribution in [3.8, 4) is 10.6 Å². The van der Waals surface area contributed by atoms with Crippen LogP contribution in [0.3, 0.4) is 0 Å². The second-order valence-electron chi connectivity index (χ2n) is 7.65. The molecule has 1 aromatic carbocycles. The molecule has 7 heteroatoms. The Morgan fingerprint density at radius 1 is 1.17 bits per heavy atom. The van der Waals surface area contributed by atoms with Gasteiger partial charge in [0.05, 0.1) is 17.3 Å². The molecule has 1 saturated heterocycles. The molecule has 0 saturated carbocycles. The van der Waals surface area contributed by atoms with Gasteiger partial charge in [0, 0.05) is 36.3 Å². The van der Waals surface area contributed by atoms with Gasteiger partial charge in [-0.25, -0.2) is 4.68 Å². The van der Waals surface area contributed by atoms with E-state index in [-0.39, 0.29) is 17.5 Å². The van der Waals surface area contributed by atoms with Gasteiger partial charge in [-0.15, -0.1) is 11.3 Å². The Hall–Kier alpha value is -3.19. The zero-order valence-electron chi connectivity index (χ0n) is 16.5. The second-order valence-corrected chi connectivity index (χ2v) is 8.60. The third-order valence-electron chi connectivity index (χ3n) is 5.71. The van der Waals surface area contributed by atoms with E-state index in [1.807, 2.05) is 52.9 Å². The van der Waals surface area contributed by atoms with Crippen LogP contribution >= 0.6 is 11.3 Å². The number of rotatable bonds is 4. The number of likely N-dealkylation sites (tertiary alicyclic amines) is 1. The quantitative estimate of drug-likeness (QED) is 0.547. The van der Waals surface area contributed by atoms with Crippen LogP contribution in [0, 0.1) is 0 Å². The van der Waals surface area contributed by atoms with Gasteiger partial charge in [0.15, 0.2) is 0 Å². The van der Waals surface area contributed by atoms with E-state index in [9.17, 15) is 9.59 Å². The highest BCUT2D eigenvalue weighted by Gasteiger charge is 2.26. The van der Waals surface area contributed by atoms with Crippen molar-refractivity contribution in [2.75, 3.05) is 13.1 Å². The number of thiophene rings is 1. The fourth-order valence-corrected chi connectivity index (χ4v) is 4.87. The van der Waals surface area contributed by atoms with Crippen LogP contribution in [0.15, 0.2) is 64.9 Å². The Morgan fingerprint density at radius 2 is 2.07 bits per heavy atom. The molecule has 30 heavy (non-hydrogen) atoms. The van der Waals surface area contributed by atoms with E-state index in [2.05, 4.69) is 10.1 Å². The van der Waals surface area contributed by atoms with E-state index in [1.54, 1.807) is 28.2 Å². The Bertz CT molecular complexity index is 1240. The lowest BCUT2D eigenvalue weighted by molar-refractivity contribution is -0.132. The minimum atomic E-state index is -0.119. The molecule has 1 N–H and O–H groups in total. The SMILES string of the molecule is O=C(Cc1c[nH]c2ccccc12)N1CCC[C@@H](n2nc(-c3cccs3)ccc2=O)C1. The Morgan fingerprint density at radius 3 is 2.93 bits per heavy atom. The van der Waals surface area contributed by atoms with Crippen LogP contribution in [0.5, 0.6) is 0 Å². The first-order valence-corrected chi connectivity index (χ1v) is 11.0. The molecule has 0 bridgehead atoms. The molecule has 1 atom stereocenters. The van der Waals surface area contributed by atoms with Gasteiger partial charge in [-0.2, -0.15) is 5.10 Å². The zero-order valence-corrected chi connectivity index (χ0v) is 17.3. The van der Waals surface area contributed by atoms with Gasteiger partial charge >= 0.3 is 0 Å². The molecule has 0 aliphatic carbocycles. The Kier molecular flexibility index (Phi) is 4.96. The van der Waals surface area contributed by atoms with Crippen molar-refractivity contribution in [1.29, 1.82) is 0 Å². The largest absolute Gasteiger partial charge is 0.361 e. The first-order chi connectivity index (χ1) is 14.7. The number of H-pyrrole nitrogens is 1. The van der Waals surface area contributed by atoms with Gasteiger partial charge in [-0.1, -0.05) is 24.3 Å². The summed E-state index contributed by atoms with van der Waals surface area (Å²) >= 11 is 1.60. The van der Waals surface area contributed by atoms with Crippen LogP contribution < -0.4 is 5.56 Å². The third-order valence-corrected chi connectivity index (χ3v) is 6.60. The number of nitrogens with zero attached hydrogens (tertiary/aromatic N) is 3. The van der Waals surface area contributed by atoms with Gasteiger partial charge in [-0.05, 0) is 42.0 Å². The van der Waals surface area contributed by atoms with Crippen LogP contribution in [0.4, 0.5) is 0 Å². The number of hydrogen-bond acceptors (Lipinski definition) is 4. The molecule has 0 unspecified atom stereocenters. The lowest BCUT2D eigenvalue weighted by Crippen LogP contribution is -2.44. The minimum absolute atomic E-state index is 0.0897. The summed E-state index contributed by atoms with van der Waals surface area (Å²) in [5, 5.41) is 7.70. The number of amides is 1. The normalized spacial score (nSPS) is 16.8. The number of para-hydroxylation sites is 1. The summed E-state index contributed by atoms with van der Waals surface area (Å²) in [5.74, 6) is 0.0897.